The molecular formula is C11H25NO2S. The zero-order valence-electron chi connectivity index (χ0n) is 10.4. The van der Waals surface area contributed by atoms with Crippen molar-refractivity contribution < 1.29 is 9.47 Å². The second-order valence-electron chi connectivity index (χ2n) is 3.43. The predicted octanol–water partition coefficient (Wildman–Crippen LogP) is 2.12. The van der Waals surface area contributed by atoms with Crippen molar-refractivity contribution in [1.82, 2.24) is 5.32 Å². The highest BCUT2D eigenvalue weighted by molar-refractivity contribution is 7.98. The van der Waals surface area contributed by atoms with Gasteiger partial charge in [-0.1, -0.05) is 0 Å². The van der Waals surface area contributed by atoms with Gasteiger partial charge in [0, 0.05) is 25.8 Å². The van der Waals surface area contributed by atoms with Gasteiger partial charge in [-0.15, -0.1) is 0 Å². The fourth-order valence-electron chi connectivity index (χ4n) is 1.23. The number of rotatable bonds is 10. The van der Waals surface area contributed by atoms with Crippen LogP contribution in [0.3, 0.4) is 0 Å². The van der Waals surface area contributed by atoms with Crippen molar-refractivity contribution in [3.63, 3.8) is 0 Å². The Balaban J connectivity index is 3.57. The molecule has 0 rings (SSSR count). The third-order valence-electron chi connectivity index (χ3n) is 2.09. The van der Waals surface area contributed by atoms with Gasteiger partial charge < -0.3 is 14.8 Å². The maximum Gasteiger partial charge on any atom is 0.169 e. The third kappa shape index (κ3) is 9.18. The van der Waals surface area contributed by atoms with Crippen molar-refractivity contribution in [2.45, 2.75) is 39.5 Å². The molecule has 0 amide bonds. The molecule has 0 saturated heterocycles. The van der Waals surface area contributed by atoms with Crippen LogP contribution in [0.25, 0.3) is 0 Å². The largest absolute Gasteiger partial charge is 0.352 e. The fourth-order valence-corrected chi connectivity index (χ4v) is 1.82. The minimum absolute atomic E-state index is 0.100. The molecule has 1 atom stereocenters. The number of nitrogens with one attached hydrogen (secondary N) is 1. The molecule has 0 bridgehead atoms. The van der Waals surface area contributed by atoms with Gasteiger partial charge in [0.2, 0.25) is 0 Å². The third-order valence-corrected chi connectivity index (χ3v) is 2.74. The molecule has 0 aromatic carbocycles. The van der Waals surface area contributed by atoms with E-state index >= 15 is 0 Å². The van der Waals surface area contributed by atoms with Gasteiger partial charge in [0.1, 0.15) is 0 Å². The molecule has 1 N–H and O–H groups in total. The quantitative estimate of drug-likeness (QED) is 0.588. The lowest BCUT2D eigenvalue weighted by Gasteiger charge is -2.20. The Kier molecular flexibility index (Phi) is 10.9. The molecule has 4 heteroatoms. The van der Waals surface area contributed by atoms with Crippen molar-refractivity contribution in [2.24, 2.45) is 0 Å². The van der Waals surface area contributed by atoms with Crippen molar-refractivity contribution >= 4 is 11.8 Å². The molecule has 0 aliphatic carbocycles. The summed E-state index contributed by atoms with van der Waals surface area (Å²) in [5.74, 6) is 1.20. The molecule has 0 aliphatic rings. The maximum atomic E-state index is 5.45. The Hall–Kier alpha value is 0.230. The maximum absolute atomic E-state index is 5.45. The first kappa shape index (κ1) is 15.2. The zero-order chi connectivity index (χ0) is 11.5. The monoisotopic (exact) mass is 235 g/mol. The molecule has 0 aliphatic heterocycles. The van der Waals surface area contributed by atoms with E-state index in [0.29, 0.717) is 19.3 Å². The van der Waals surface area contributed by atoms with Crippen LogP contribution in [-0.4, -0.2) is 44.1 Å². The van der Waals surface area contributed by atoms with Crippen molar-refractivity contribution in [3.8, 4) is 0 Å². The lowest BCUT2D eigenvalue weighted by atomic mass is 10.2. The summed E-state index contributed by atoms with van der Waals surface area (Å²) in [7, 11) is 0. The number of thioether (sulfide) groups is 1. The van der Waals surface area contributed by atoms with Crippen LogP contribution >= 0.6 is 11.8 Å². The highest BCUT2D eigenvalue weighted by Gasteiger charge is 2.09. The summed E-state index contributed by atoms with van der Waals surface area (Å²) in [5, 5.41) is 3.42. The Bertz CT molecular complexity index is 130. The van der Waals surface area contributed by atoms with Crippen LogP contribution in [-0.2, 0) is 9.47 Å². The molecule has 0 aromatic rings. The van der Waals surface area contributed by atoms with Crippen molar-refractivity contribution in [1.29, 1.82) is 0 Å². The van der Waals surface area contributed by atoms with Gasteiger partial charge in [-0.05, 0) is 39.2 Å². The average Bonchev–Trinajstić information content (AvgIpc) is 2.23. The summed E-state index contributed by atoms with van der Waals surface area (Å²) in [6.45, 7) is 8.35. The van der Waals surface area contributed by atoms with Gasteiger partial charge in [0.25, 0.3) is 0 Å². The summed E-state index contributed by atoms with van der Waals surface area (Å²) in [4.78, 5) is 0. The first-order valence-corrected chi connectivity index (χ1v) is 7.09. The van der Waals surface area contributed by atoms with E-state index in [-0.39, 0.29) is 6.29 Å². The second kappa shape index (κ2) is 10.7. The Labute approximate surface area is 98.3 Å². The predicted molar refractivity (Wildman–Crippen MR) is 67.5 cm³/mol. The van der Waals surface area contributed by atoms with E-state index < -0.39 is 0 Å². The number of hydrogen-bond acceptors (Lipinski definition) is 4. The first-order valence-electron chi connectivity index (χ1n) is 5.70. The van der Waals surface area contributed by atoms with E-state index in [4.69, 9.17) is 9.47 Å². The van der Waals surface area contributed by atoms with Crippen LogP contribution in [0.1, 0.15) is 27.2 Å². The zero-order valence-corrected chi connectivity index (χ0v) is 11.2. The number of ether oxygens (including phenoxy) is 2. The molecule has 15 heavy (non-hydrogen) atoms. The topological polar surface area (TPSA) is 30.5 Å². The van der Waals surface area contributed by atoms with Gasteiger partial charge in [0.15, 0.2) is 6.29 Å². The summed E-state index contributed by atoms with van der Waals surface area (Å²) >= 11 is 1.88. The highest BCUT2D eigenvalue weighted by atomic mass is 32.2. The molecule has 0 aromatic heterocycles. The Morgan fingerprint density at radius 1 is 1.20 bits per heavy atom. The van der Waals surface area contributed by atoms with Crippen LogP contribution in [0.5, 0.6) is 0 Å². The summed E-state index contributed by atoms with van der Waals surface area (Å²) in [6, 6.07) is 0.529. The number of hydrogen-bond donors (Lipinski definition) is 1. The van der Waals surface area contributed by atoms with Gasteiger partial charge in [-0.25, -0.2) is 0 Å². The molecule has 0 fully saturated rings. The Morgan fingerprint density at radius 3 is 2.27 bits per heavy atom. The smallest absolute Gasteiger partial charge is 0.169 e. The first-order chi connectivity index (χ1) is 7.24. The van der Waals surface area contributed by atoms with Crippen LogP contribution in [0.4, 0.5) is 0 Å². The molecule has 1 unspecified atom stereocenters. The van der Waals surface area contributed by atoms with E-state index in [0.717, 1.165) is 6.54 Å². The van der Waals surface area contributed by atoms with Crippen LogP contribution in [0.2, 0.25) is 0 Å². The van der Waals surface area contributed by atoms with Gasteiger partial charge in [-0.2, -0.15) is 11.8 Å². The van der Waals surface area contributed by atoms with Gasteiger partial charge >= 0.3 is 0 Å². The van der Waals surface area contributed by atoms with Crippen molar-refractivity contribution in [2.75, 3.05) is 31.8 Å². The molecule has 92 valence electrons. The van der Waals surface area contributed by atoms with Crippen LogP contribution in [0.15, 0.2) is 0 Å². The molecule has 0 saturated carbocycles. The lowest BCUT2D eigenvalue weighted by Crippen LogP contribution is -2.37. The highest BCUT2D eigenvalue weighted by Crippen LogP contribution is 2.01. The van der Waals surface area contributed by atoms with Crippen molar-refractivity contribution in [3.05, 3.63) is 0 Å². The standard InChI is InChI=1S/C11H25NO2S/c1-5-13-11(14-6-2)9-12-10(3)7-8-15-4/h10-12H,5-9H2,1-4H3. The fraction of sp³-hybridized carbons (Fsp3) is 1.00. The van der Waals surface area contributed by atoms with Crippen LogP contribution < -0.4 is 5.32 Å². The second-order valence-corrected chi connectivity index (χ2v) is 4.42. The van der Waals surface area contributed by atoms with Gasteiger partial charge in [0.05, 0.1) is 0 Å². The SMILES string of the molecule is CCOC(CNC(C)CCSC)OCC. The molecule has 3 nitrogen and oxygen atoms in total. The lowest BCUT2D eigenvalue weighted by molar-refractivity contribution is -0.133. The van der Waals surface area contributed by atoms with E-state index in [9.17, 15) is 0 Å². The van der Waals surface area contributed by atoms with E-state index in [1.54, 1.807) is 0 Å². The van der Waals surface area contributed by atoms with E-state index in [2.05, 4.69) is 18.5 Å². The van der Waals surface area contributed by atoms with E-state index in [1.807, 2.05) is 25.6 Å². The molecule has 0 spiro atoms. The normalized spacial score (nSPS) is 13.4. The summed E-state index contributed by atoms with van der Waals surface area (Å²) in [5.41, 5.74) is 0. The minimum atomic E-state index is -0.100. The minimum Gasteiger partial charge on any atom is -0.352 e. The molecular weight excluding hydrogens is 210 g/mol. The molecule has 0 radical (unpaired) electrons. The average molecular weight is 235 g/mol. The summed E-state index contributed by atoms with van der Waals surface area (Å²) < 4.78 is 10.9. The van der Waals surface area contributed by atoms with E-state index in [1.165, 1.54) is 12.2 Å². The molecule has 0 heterocycles. The van der Waals surface area contributed by atoms with Crippen LogP contribution in [0, 0.1) is 0 Å². The Morgan fingerprint density at radius 2 is 1.80 bits per heavy atom. The summed E-state index contributed by atoms with van der Waals surface area (Å²) in [6.07, 6.45) is 3.22. The van der Waals surface area contributed by atoms with Gasteiger partial charge in [-0.3, -0.25) is 0 Å².